The molecule has 9 aromatic heterocycles. The molecule has 0 amide bonds. The summed E-state index contributed by atoms with van der Waals surface area (Å²) in [6.07, 6.45) is 6.08. The van der Waals surface area contributed by atoms with E-state index in [1.807, 2.05) is 106 Å². The minimum atomic E-state index is -0.265. The summed E-state index contributed by atoms with van der Waals surface area (Å²) in [5, 5.41) is 15.7. The van der Waals surface area contributed by atoms with E-state index in [1.165, 1.54) is 37.4 Å². The van der Waals surface area contributed by atoms with Crippen LogP contribution in [0.15, 0.2) is 131 Å². The van der Waals surface area contributed by atoms with Crippen LogP contribution in [-0.4, -0.2) is 127 Å². The Morgan fingerprint density at radius 1 is 0.590 bits per heavy atom. The summed E-state index contributed by atoms with van der Waals surface area (Å²) in [4.78, 5) is 64.8. The van der Waals surface area contributed by atoms with Crippen molar-refractivity contribution in [2.24, 2.45) is 0 Å². The second kappa shape index (κ2) is 22.4. The smallest absolute Gasteiger partial charge is 0.352 e. The van der Waals surface area contributed by atoms with Gasteiger partial charge in [-0.15, -0.1) is 22.7 Å². The van der Waals surface area contributed by atoms with Gasteiger partial charge in [-0.3, -0.25) is 18.6 Å². The Morgan fingerprint density at radius 2 is 1.12 bits per heavy atom. The molecule has 3 aromatic carbocycles. The summed E-state index contributed by atoms with van der Waals surface area (Å²) in [5.74, 6) is 1.57. The fourth-order valence-corrected chi connectivity index (χ4v) is 11.8. The van der Waals surface area contributed by atoms with Crippen LogP contribution in [0.3, 0.4) is 0 Å². The maximum absolute atomic E-state index is 13.1. The zero-order valence-electron chi connectivity index (χ0n) is 43.2. The maximum atomic E-state index is 13.1. The van der Waals surface area contributed by atoms with E-state index in [4.69, 9.17) is 25.8 Å². The average molecular weight is 1110 g/mol. The van der Waals surface area contributed by atoms with E-state index in [2.05, 4.69) is 57.2 Å². The van der Waals surface area contributed by atoms with Crippen molar-refractivity contribution in [2.45, 2.75) is 39.6 Å². The summed E-state index contributed by atoms with van der Waals surface area (Å²) < 4.78 is 25.0. The van der Waals surface area contributed by atoms with Gasteiger partial charge in [-0.2, -0.15) is 28.8 Å². The lowest BCUT2D eigenvalue weighted by atomic mass is 10.2. The Bertz CT molecular complexity index is 4300. The lowest BCUT2D eigenvalue weighted by Gasteiger charge is -2.26. The Kier molecular flexibility index (Phi) is 14.9. The Morgan fingerprint density at radius 3 is 1.69 bits per heavy atom. The van der Waals surface area contributed by atoms with Crippen molar-refractivity contribution < 1.29 is 14.2 Å². The molecule has 0 N–H and O–H groups in total. The topological polar surface area (TPSA) is 204 Å². The molecular weight excluding hydrogens is 1050 g/mol. The van der Waals surface area contributed by atoms with E-state index >= 15 is 0 Å². The maximum Gasteiger partial charge on any atom is 0.352 e. The molecule has 0 spiro atoms. The normalized spacial score (nSPS) is 13.0. The molecule has 78 heavy (non-hydrogen) atoms. The fraction of sp³-hybridized carbons (Fsp3) is 0.259. The van der Waals surface area contributed by atoms with Gasteiger partial charge < -0.3 is 19.1 Å². The van der Waals surface area contributed by atoms with Gasteiger partial charge in [0.15, 0.2) is 16.9 Å². The molecule has 0 aliphatic carbocycles. The molecule has 0 unspecified atom stereocenters. The van der Waals surface area contributed by atoms with E-state index in [0.717, 1.165) is 104 Å². The highest BCUT2D eigenvalue weighted by Gasteiger charge is 2.20. The van der Waals surface area contributed by atoms with Crippen LogP contribution in [0.2, 0.25) is 5.02 Å². The molecular formula is C54H52ClN15O6S2. The quantitative estimate of drug-likeness (QED) is 0.125. The molecule has 12 aromatic rings. The van der Waals surface area contributed by atoms with Crippen molar-refractivity contribution in [3.63, 3.8) is 0 Å². The van der Waals surface area contributed by atoms with E-state index in [1.54, 1.807) is 50.6 Å². The van der Waals surface area contributed by atoms with Crippen molar-refractivity contribution in [1.82, 2.24) is 72.3 Å². The summed E-state index contributed by atoms with van der Waals surface area (Å²) >= 11 is 9.44. The van der Waals surface area contributed by atoms with Gasteiger partial charge in [0.1, 0.15) is 45.8 Å². The molecule has 0 saturated carbocycles. The summed E-state index contributed by atoms with van der Waals surface area (Å²) in [7, 11) is 7.33. The van der Waals surface area contributed by atoms with Gasteiger partial charge in [0.25, 0.3) is 0 Å². The first-order chi connectivity index (χ1) is 37.9. The number of hydrogen-bond acceptors (Lipinski definition) is 17. The number of benzene rings is 3. The molecule has 0 bridgehead atoms. The number of rotatable bonds is 12. The van der Waals surface area contributed by atoms with Gasteiger partial charge in [0.05, 0.1) is 63.2 Å². The molecule has 13 rings (SSSR count). The van der Waals surface area contributed by atoms with E-state index in [0.29, 0.717) is 47.2 Å². The highest BCUT2D eigenvalue weighted by atomic mass is 35.5. The molecule has 1 saturated heterocycles. The predicted molar refractivity (Wildman–Crippen MR) is 301 cm³/mol. The molecule has 0 radical (unpaired) electrons. The number of hydrogen-bond donors (Lipinski definition) is 0. The number of fused-ring (bicyclic) bond motifs is 9. The number of thiophene rings is 2. The second-order valence-corrected chi connectivity index (χ2v) is 21.5. The Balaban J connectivity index is 0.000000126. The zero-order valence-corrected chi connectivity index (χ0v) is 45.6. The van der Waals surface area contributed by atoms with Gasteiger partial charge in [0.2, 0.25) is 0 Å². The van der Waals surface area contributed by atoms with Crippen LogP contribution in [0.5, 0.6) is 11.5 Å². The van der Waals surface area contributed by atoms with Crippen molar-refractivity contribution in [3.8, 4) is 11.5 Å². The third-order valence-electron chi connectivity index (χ3n) is 13.1. The molecule has 0 atom stereocenters. The Labute approximate surface area is 457 Å². The molecule has 398 valence electrons. The fourth-order valence-electron chi connectivity index (χ4n) is 9.38. The molecule has 1 aliphatic heterocycles. The first-order valence-electron chi connectivity index (χ1n) is 24.8. The third-order valence-corrected chi connectivity index (χ3v) is 15.7. The van der Waals surface area contributed by atoms with Crippen molar-refractivity contribution in [3.05, 3.63) is 185 Å². The summed E-state index contributed by atoms with van der Waals surface area (Å²) in [5.41, 5.74) is 5.65. The number of nitrogens with zero attached hydrogens (tertiary/aromatic N) is 15. The third kappa shape index (κ3) is 10.5. The molecule has 21 nitrogen and oxygen atoms in total. The molecule has 1 aliphatic rings. The number of pyridine rings is 1. The van der Waals surface area contributed by atoms with Crippen LogP contribution in [0.25, 0.3) is 48.4 Å². The van der Waals surface area contributed by atoms with E-state index in [9.17, 15) is 14.4 Å². The van der Waals surface area contributed by atoms with Gasteiger partial charge in [-0.1, -0.05) is 54.1 Å². The molecule has 10 heterocycles. The highest BCUT2D eigenvalue weighted by molar-refractivity contribution is 7.19. The number of ether oxygens (including phenoxy) is 3. The van der Waals surface area contributed by atoms with Crippen LogP contribution >= 0.6 is 34.3 Å². The predicted octanol–water partition coefficient (Wildman–Crippen LogP) is 6.67. The monoisotopic (exact) mass is 1110 g/mol. The van der Waals surface area contributed by atoms with E-state index in [-0.39, 0.29) is 17.1 Å². The molecule has 24 heteroatoms. The van der Waals surface area contributed by atoms with Crippen molar-refractivity contribution in [1.29, 1.82) is 0 Å². The van der Waals surface area contributed by atoms with Gasteiger partial charge >= 0.3 is 17.1 Å². The van der Waals surface area contributed by atoms with Crippen LogP contribution in [0, 0.1) is 6.92 Å². The number of halogens is 1. The SMILES string of the molecule is COc1ccc(Cn2c(=O)n3ncnc3c3cc(CN(C)C)sc32)cc1.COc1ccc(Cn2c(=O)n3ncnc3c3cc(CN4CCOCC4)cnc32)cc1.Cc1cc2c(s1)n(Cc1ccccc1Cl)c(=O)n1ncnc21. The second-order valence-electron chi connectivity index (χ2n) is 18.7. The first-order valence-corrected chi connectivity index (χ1v) is 26.8. The minimum Gasteiger partial charge on any atom is -0.497 e. The van der Waals surface area contributed by atoms with Gasteiger partial charge in [-0.05, 0) is 91.8 Å². The van der Waals surface area contributed by atoms with Gasteiger partial charge in [-0.25, -0.2) is 34.3 Å². The lowest BCUT2D eigenvalue weighted by Crippen LogP contribution is -2.35. The largest absolute Gasteiger partial charge is 0.497 e. The Hall–Kier alpha value is -8.19. The first kappa shape index (κ1) is 51.9. The minimum absolute atomic E-state index is 0.181. The van der Waals surface area contributed by atoms with Crippen molar-refractivity contribution >= 4 is 82.7 Å². The van der Waals surface area contributed by atoms with Crippen LogP contribution in [0.4, 0.5) is 0 Å². The molecule has 1 fully saturated rings. The number of aromatic nitrogens is 13. The van der Waals surface area contributed by atoms with Crippen LogP contribution < -0.4 is 26.5 Å². The highest BCUT2D eigenvalue weighted by Crippen LogP contribution is 2.30. The number of aryl methyl sites for hydroxylation is 1. The zero-order chi connectivity index (χ0) is 54.0. The number of methoxy groups -OCH3 is 2. The average Bonchev–Trinajstić information content (AvgIpc) is 4.45. The van der Waals surface area contributed by atoms with Crippen molar-refractivity contribution in [2.75, 3.05) is 54.6 Å². The van der Waals surface area contributed by atoms with Gasteiger partial charge in [0, 0.05) is 47.2 Å². The summed E-state index contributed by atoms with van der Waals surface area (Å²) in [6.45, 7) is 8.16. The van der Waals surface area contributed by atoms with Crippen LogP contribution in [0.1, 0.15) is 32.0 Å². The van der Waals surface area contributed by atoms with Crippen LogP contribution in [-0.2, 0) is 37.5 Å². The van der Waals surface area contributed by atoms with E-state index < -0.39 is 0 Å². The standard InChI is InChI=1S/C21H22N6O3.C18H19N5O2S.C15H11ClN4OS/c1-29-17-4-2-15(3-5-17)13-26-19-18(20-23-14-24-27(20)21(26)28)10-16(11-22-19)12-25-6-8-30-9-7-25;1-21(2)10-14-8-15-16-19-11-20-23(16)18(24)22(17(15)26-14)9-12-4-6-13(25-3)7-5-12;1-9-6-11-13-17-8-18-20(13)15(21)19(14(11)22-9)7-10-4-2-3-5-12(10)16/h2-5,10-11,14H,6-9,12-13H2,1H3;4-8,11H,9-10H2,1-3H3;2-6,8H,7H2,1H3. The summed E-state index contributed by atoms with van der Waals surface area (Å²) in [6, 6.07) is 29.1. The number of morpholine rings is 1. The lowest BCUT2D eigenvalue weighted by molar-refractivity contribution is 0.0341.